The minimum atomic E-state index is -0.251. The Hall–Kier alpha value is -3.00. The van der Waals surface area contributed by atoms with E-state index in [-0.39, 0.29) is 11.7 Å². The van der Waals surface area contributed by atoms with E-state index in [0.29, 0.717) is 31.9 Å². The number of hydrogen-bond acceptors (Lipinski definition) is 4. The molecule has 1 N–H and O–H groups in total. The number of carbonyl (C=O) groups excluding carboxylic acids is 1. The van der Waals surface area contributed by atoms with Crippen LogP contribution in [0, 0.1) is 5.82 Å². The van der Waals surface area contributed by atoms with E-state index in [1.807, 2.05) is 21.6 Å². The Balaban J connectivity index is 1.33. The van der Waals surface area contributed by atoms with E-state index in [4.69, 9.17) is 0 Å². The highest BCUT2D eigenvalue weighted by Crippen LogP contribution is 2.25. The zero-order valence-corrected chi connectivity index (χ0v) is 14.7. The zero-order valence-electron chi connectivity index (χ0n) is 14.7. The van der Waals surface area contributed by atoms with Crippen LogP contribution in [0.15, 0.2) is 36.7 Å². The van der Waals surface area contributed by atoms with Crippen LogP contribution in [0.25, 0.3) is 0 Å². The second-order valence-corrected chi connectivity index (χ2v) is 6.97. The first-order valence-corrected chi connectivity index (χ1v) is 9.01. The molecule has 3 aromatic rings. The Kier molecular flexibility index (Phi) is 3.78. The number of benzene rings is 1. The van der Waals surface area contributed by atoms with Gasteiger partial charge in [0.15, 0.2) is 0 Å². The third kappa shape index (κ3) is 2.91. The summed E-state index contributed by atoms with van der Waals surface area (Å²) < 4.78 is 17.0. The van der Waals surface area contributed by atoms with Crippen LogP contribution in [0.4, 0.5) is 4.39 Å². The highest BCUT2D eigenvalue weighted by atomic mass is 19.1. The third-order valence-corrected chi connectivity index (χ3v) is 5.16. The number of fused-ring (bicyclic) bond motifs is 2. The molecule has 4 heterocycles. The van der Waals surface area contributed by atoms with E-state index in [0.717, 1.165) is 35.7 Å². The molecule has 5 rings (SSSR count). The van der Waals surface area contributed by atoms with Crippen molar-refractivity contribution in [2.24, 2.45) is 0 Å². The third-order valence-electron chi connectivity index (χ3n) is 5.16. The van der Waals surface area contributed by atoms with Crippen molar-refractivity contribution < 1.29 is 9.18 Å². The summed E-state index contributed by atoms with van der Waals surface area (Å²) in [6.45, 7) is 4.03. The second-order valence-electron chi connectivity index (χ2n) is 6.97. The fourth-order valence-electron chi connectivity index (χ4n) is 3.70. The predicted octanol–water partition coefficient (Wildman–Crippen LogP) is 1.53. The molecule has 8 heteroatoms. The monoisotopic (exact) mass is 366 g/mol. The summed E-state index contributed by atoms with van der Waals surface area (Å²) in [5, 5.41) is 7.70. The number of imidazole rings is 1. The van der Waals surface area contributed by atoms with Crippen molar-refractivity contribution in [2.45, 2.75) is 32.7 Å². The number of hydrogen-bond donors (Lipinski definition) is 1. The maximum atomic E-state index is 13.1. The molecule has 0 atom stereocenters. The molecule has 1 aromatic carbocycles. The Morgan fingerprint density at radius 1 is 1.22 bits per heavy atom. The quantitative estimate of drug-likeness (QED) is 0.763. The fraction of sp³-hybridized carbons (Fsp3) is 0.316. The molecule has 27 heavy (non-hydrogen) atoms. The number of nitrogens with zero attached hydrogens (tertiary/aromatic N) is 5. The molecule has 138 valence electrons. The summed E-state index contributed by atoms with van der Waals surface area (Å²) >= 11 is 0. The van der Waals surface area contributed by atoms with Gasteiger partial charge in [-0.1, -0.05) is 12.1 Å². The lowest BCUT2D eigenvalue weighted by atomic mass is 10.2. The van der Waals surface area contributed by atoms with Crippen LogP contribution in [0.1, 0.15) is 33.1 Å². The average molecular weight is 366 g/mol. The van der Waals surface area contributed by atoms with Gasteiger partial charge >= 0.3 is 0 Å². The molecule has 0 fully saturated rings. The van der Waals surface area contributed by atoms with Gasteiger partial charge in [0.05, 0.1) is 31.5 Å². The lowest BCUT2D eigenvalue weighted by Gasteiger charge is -2.14. The number of amides is 1. The van der Waals surface area contributed by atoms with Crippen molar-refractivity contribution in [1.82, 2.24) is 29.5 Å². The minimum Gasteiger partial charge on any atom is -0.332 e. The number of nitrogens with one attached hydrogen (secondary N) is 1. The SMILES string of the molecule is O=C(c1cn2c(n1)CNCC2)N1Cc2cnn(Cc3ccc(F)cc3)c2C1. The molecule has 0 saturated carbocycles. The van der Waals surface area contributed by atoms with Gasteiger partial charge in [-0.25, -0.2) is 9.37 Å². The summed E-state index contributed by atoms with van der Waals surface area (Å²) in [4.78, 5) is 19.2. The first-order chi connectivity index (χ1) is 13.2. The maximum absolute atomic E-state index is 13.1. The van der Waals surface area contributed by atoms with Crippen LogP contribution in [0.3, 0.4) is 0 Å². The van der Waals surface area contributed by atoms with Crippen molar-refractivity contribution >= 4 is 5.91 Å². The molecule has 2 aromatic heterocycles. The van der Waals surface area contributed by atoms with Crippen LogP contribution in [-0.4, -0.2) is 36.7 Å². The van der Waals surface area contributed by atoms with Crippen LogP contribution < -0.4 is 5.32 Å². The molecular weight excluding hydrogens is 347 g/mol. The van der Waals surface area contributed by atoms with Crippen LogP contribution in [0.5, 0.6) is 0 Å². The van der Waals surface area contributed by atoms with E-state index in [1.54, 1.807) is 17.0 Å². The molecule has 0 radical (unpaired) electrons. The van der Waals surface area contributed by atoms with Gasteiger partial charge in [-0.3, -0.25) is 9.48 Å². The Morgan fingerprint density at radius 2 is 2.07 bits per heavy atom. The minimum absolute atomic E-state index is 0.0542. The highest BCUT2D eigenvalue weighted by Gasteiger charge is 2.29. The van der Waals surface area contributed by atoms with Crippen LogP contribution in [0.2, 0.25) is 0 Å². The maximum Gasteiger partial charge on any atom is 0.274 e. The Bertz CT molecular complexity index is 982. The van der Waals surface area contributed by atoms with E-state index in [2.05, 4.69) is 15.4 Å². The number of rotatable bonds is 3. The van der Waals surface area contributed by atoms with Gasteiger partial charge in [0.1, 0.15) is 17.3 Å². The summed E-state index contributed by atoms with van der Waals surface area (Å²) in [6.07, 6.45) is 3.67. The van der Waals surface area contributed by atoms with E-state index >= 15 is 0 Å². The normalized spacial score (nSPS) is 15.7. The molecule has 0 aliphatic carbocycles. The lowest BCUT2D eigenvalue weighted by Crippen LogP contribution is -2.27. The smallest absolute Gasteiger partial charge is 0.274 e. The second kappa shape index (κ2) is 6.31. The number of aromatic nitrogens is 4. The van der Waals surface area contributed by atoms with Crippen molar-refractivity contribution in [3.8, 4) is 0 Å². The molecule has 7 nitrogen and oxygen atoms in total. The molecule has 0 spiro atoms. The molecule has 1 amide bonds. The van der Waals surface area contributed by atoms with Crippen molar-refractivity contribution in [3.05, 3.63) is 70.8 Å². The van der Waals surface area contributed by atoms with Gasteiger partial charge in [0.25, 0.3) is 5.91 Å². The van der Waals surface area contributed by atoms with Crippen molar-refractivity contribution in [3.63, 3.8) is 0 Å². The van der Waals surface area contributed by atoms with Gasteiger partial charge in [-0.05, 0) is 17.7 Å². The van der Waals surface area contributed by atoms with Gasteiger partial charge < -0.3 is 14.8 Å². The summed E-state index contributed by atoms with van der Waals surface area (Å²) in [5.74, 6) is 0.601. The van der Waals surface area contributed by atoms with E-state index in [1.165, 1.54) is 12.1 Å². The summed E-state index contributed by atoms with van der Waals surface area (Å²) in [5.41, 5.74) is 3.55. The largest absolute Gasteiger partial charge is 0.332 e. The van der Waals surface area contributed by atoms with Gasteiger partial charge in [-0.15, -0.1) is 0 Å². The van der Waals surface area contributed by atoms with Gasteiger partial charge in [-0.2, -0.15) is 5.10 Å². The fourth-order valence-corrected chi connectivity index (χ4v) is 3.70. The number of halogens is 1. The van der Waals surface area contributed by atoms with Crippen LogP contribution >= 0.6 is 0 Å². The highest BCUT2D eigenvalue weighted by molar-refractivity contribution is 5.92. The molecular formula is C19H19FN6O. The molecule has 0 bridgehead atoms. The average Bonchev–Trinajstić information content (AvgIpc) is 3.38. The first kappa shape index (κ1) is 16.2. The van der Waals surface area contributed by atoms with Crippen molar-refractivity contribution in [2.75, 3.05) is 6.54 Å². The Morgan fingerprint density at radius 3 is 2.89 bits per heavy atom. The lowest BCUT2D eigenvalue weighted by molar-refractivity contribution is 0.0742. The molecule has 2 aliphatic heterocycles. The summed E-state index contributed by atoms with van der Waals surface area (Å²) in [6, 6.07) is 6.41. The molecule has 2 aliphatic rings. The number of carbonyl (C=O) groups is 1. The van der Waals surface area contributed by atoms with Crippen LogP contribution in [-0.2, 0) is 32.7 Å². The Labute approximate surface area is 155 Å². The standard InChI is InChI=1S/C19H19FN6O/c20-15-3-1-13(2-4-15)9-26-17-12-25(10-14(17)7-22-26)19(27)16-11-24-6-5-21-8-18(24)23-16/h1-4,7,11,21H,5-6,8-10,12H2. The zero-order chi connectivity index (χ0) is 18.4. The molecule has 0 saturated heterocycles. The molecule has 0 unspecified atom stereocenters. The van der Waals surface area contributed by atoms with Gasteiger partial charge in [0, 0.05) is 31.4 Å². The predicted molar refractivity (Wildman–Crippen MR) is 95.2 cm³/mol. The van der Waals surface area contributed by atoms with Gasteiger partial charge in [0.2, 0.25) is 0 Å². The van der Waals surface area contributed by atoms with Crippen molar-refractivity contribution in [1.29, 1.82) is 0 Å². The summed E-state index contributed by atoms with van der Waals surface area (Å²) in [7, 11) is 0. The topological polar surface area (TPSA) is 68.0 Å². The van der Waals surface area contributed by atoms with E-state index in [9.17, 15) is 9.18 Å². The van der Waals surface area contributed by atoms with E-state index < -0.39 is 0 Å². The first-order valence-electron chi connectivity index (χ1n) is 9.01.